The van der Waals surface area contributed by atoms with Crippen LogP contribution in [0.5, 0.6) is 5.75 Å². The van der Waals surface area contributed by atoms with Crippen LogP contribution < -0.4 is 5.43 Å². The fourth-order valence-corrected chi connectivity index (χ4v) is 2.92. The molecular weight excluding hydrogens is 326 g/mol. The summed E-state index contributed by atoms with van der Waals surface area (Å²) >= 11 is 0. The van der Waals surface area contributed by atoms with Gasteiger partial charge in [-0.3, -0.25) is 4.79 Å². The molecule has 0 aliphatic heterocycles. The molecule has 2 N–H and O–H groups in total. The molecule has 1 amide bonds. The van der Waals surface area contributed by atoms with E-state index in [4.69, 9.17) is 0 Å². The molecule has 0 unspecified atom stereocenters. The molecule has 3 aromatic rings. The second kappa shape index (κ2) is 7.27. The van der Waals surface area contributed by atoms with E-state index in [1.54, 1.807) is 18.3 Å². The third-order valence-corrected chi connectivity index (χ3v) is 4.23. The monoisotopic (exact) mass is 347 g/mol. The molecule has 1 heterocycles. The Morgan fingerprint density at radius 2 is 1.81 bits per heavy atom. The summed E-state index contributed by atoms with van der Waals surface area (Å²) in [5.74, 6) is -0.206. The van der Waals surface area contributed by atoms with E-state index >= 15 is 0 Å². The van der Waals surface area contributed by atoms with Gasteiger partial charge in [-0.2, -0.15) is 5.10 Å². The average molecular weight is 347 g/mol. The average Bonchev–Trinajstić information content (AvgIpc) is 2.89. The van der Waals surface area contributed by atoms with Gasteiger partial charge in [0.05, 0.1) is 6.21 Å². The van der Waals surface area contributed by atoms with E-state index in [9.17, 15) is 9.90 Å². The zero-order chi connectivity index (χ0) is 18.7. The highest BCUT2D eigenvalue weighted by Gasteiger charge is 2.10. The minimum Gasteiger partial charge on any atom is -0.508 e. The minimum atomic E-state index is -0.325. The summed E-state index contributed by atoms with van der Waals surface area (Å²) in [5, 5.41) is 13.3. The minimum absolute atomic E-state index is 0.119. The lowest BCUT2D eigenvalue weighted by molar-refractivity contribution is 0.0955. The van der Waals surface area contributed by atoms with Crippen LogP contribution in [0, 0.1) is 20.8 Å². The maximum atomic E-state index is 12.1. The highest BCUT2D eigenvalue weighted by Crippen LogP contribution is 2.20. The number of aromatic nitrogens is 1. The SMILES string of the molecule is Cc1cccc(-n2c(C)cc(/C=N\NC(=O)c3ccc(O)cc3)c2C)c1. The molecule has 0 aliphatic rings. The number of nitrogens with zero attached hydrogens (tertiary/aromatic N) is 2. The van der Waals surface area contributed by atoms with Crippen molar-refractivity contribution in [3.63, 3.8) is 0 Å². The number of phenols is 1. The number of hydrazone groups is 1. The van der Waals surface area contributed by atoms with Crippen LogP contribution in [-0.2, 0) is 0 Å². The van der Waals surface area contributed by atoms with Crippen LogP contribution in [0.15, 0.2) is 59.7 Å². The first-order valence-corrected chi connectivity index (χ1v) is 8.34. The number of amides is 1. The van der Waals surface area contributed by atoms with Crippen molar-refractivity contribution in [2.45, 2.75) is 20.8 Å². The zero-order valence-electron chi connectivity index (χ0n) is 15.0. The first kappa shape index (κ1) is 17.5. The van der Waals surface area contributed by atoms with Gasteiger partial charge in [0.2, 0.25) is 0 Å². The zero-order valence-corrected chi connectivity index (χ0v) is 15.0. The van der Waals surface area contributed by atoms with Crippen LogP contribution in [-0.4, -0.2) is 21.8 Å². The Balaban J connectivity index is 1.78. The van der Waals surface area contributed by atoms with Crippen molar-refractivity contribution in [2.24, 2.45) is 5.10 Å². The lowest BCUT2D eigenvalue weighted by Gasteiger charge is -2.10. The van der Waals surface area contributed by atoms with Gasteiger partial charge in [-0.15, -0.1) is 0 Å². The fraction of sp³-hybridized carbons (Fsp3) is 0.143. The summed E-state index contributed by atoms with van der Waals surface area (Å²) in [6.45, 7) is 6.14. The van der Waals surface area contributed by atoms with Crippen LogP contribution in [0.25, 0.3) is 5.69 Å². The number of carbonyl (C=O) groups excluding carboxylic acids is 1. The van der Waals surface area contributed by atoms with Crippen LogP contribution in [0.2, 0.25) is 0 Å². The quantitative estimate of drug-likeness (QED) is 0.556. The molecule has 0 saturated carbocycles. The first-order valence-electron chi connectivity index (χ1n) is 8.34. The Morgan fingerprint density at radius 1 is 1.08 bits per heavy atom. The molecule has 1 aromatic heterocycles. The molecule has 0 atom stereocenters. The molecule has 5 heteroatoms. The first-order chi connectivity index (χ1) is 12.5. The standard InChI is InChI=1S/C21H21N3O2/c1-14-5-4-6-19(11-14)24-15(2)12-18(16(24)3)13-22-23-21(26)17-7-9-20(25)10-8-17/h4-13,25H,1-3H3,(H,23,26)/b22-13-. The Labute approximate surface area is 152 Å². The summed E-state index contributed by atoms with van der Waals surface area (Å²) in [6.07, 6.45) is 1.65. The van der Waals surface area contributed by atoms with Crippen LogP contribution in [0.4, 0.5) is 0 Å². The number of hydrogen-bond donors (Lipinski definition) is 2. The molecule has 26 heavy (non-hydrogen) atoms. The third kappa shape index (κ3) is 3.67. The number of aromatic hydroxyl groups is 1. The van der Waals surface area contributed by atoms with E-state index in [2.05, 4.69) is 40.2 Å². The van der Waals surface area contributed by atoms with E-state index in [0.29, 0.717) is 5.56 Å². The molecule has 0 spiro atoms. The van der Waals surface area contributed by atoms with E-state index in [1.165, 1.54) is 17.7 Å². The molecular formula is C21H21N3O2. The summed E-state index contributed by atoms with van der Waals surface area (Å²) < 4.78 is 2.16. The molecule has 132 valence electrons. The molecule has 0 radical (unpaired) electrons. The molecule has 3 rings (SSSR count). The lowest BCUT2D eigenvalue weighted by atomic mass is 10.2. The second-order valence-corrected chi connectivity index (χ2v) is 6.25. The van der Waals surface area contributed by atoms with Crippen molar-refractivity contribution in [1.82, 2.24) is 9.99 Å². The number of benzene rings is 2. The van der Waals surface area contributed by atoms with Crippen molar-refractivity contribution in [2.75, 3.05) is 0 Å². The number of hydrogen-bond acceptors (Lipinski definition) is 3. The van der Waals surface area contributed by atoms with Gasteiger partial charge < -0.3 is 9.67 Å². The van der Waals surface area contributed by atoms with Crippen molar-refractivity contribution < 1.29 is 9.90 Å². The van der Waals surface area contributed by atoms with E-state index in [-0.39, 0.29) is 11.7 Å². The maximum absolute atomic E-state index is 12.1. The summed E-state index contributed by atoms with van der Waals surface area (Å²) in [7, 11) is 0. The van der Waals surface area contributed by atoms with Crippen molar-refractivity contribution in [3.8, 4) is 11.4 Å². The van der Waals surface area contributed by atoms with Gasteiger partial charge >= 0.3 is 0 Å². The smallest absolute Gasteiger partial charge is 0.271 e. The van der Waals surface area contributed by atoms with Crippen molar-refractivity contribution >= 4 is 12.1 Å². The summed E-state index contributed by atoms with van der Waals surface area (Å²) in [4.78, 5) is 12.1. The lowest BCUT2D eigenvalue weighted by Crippen LogP contribution is -2.17. The molecule has 5 nitrogen and oxygen atoms in total. The molecule has 0 bridgehead atoms. The highest BCUT2D eigenvalue weighted by atomic mass is 16.3. The summed E-state index contributed by atoms with van der Waals surface area (Å²) in [5.41, 5.74) is 8.34. The van der Waals surface area contributed by atoms with Gasteiger partial charge in [0.15, 0.2) is 0 Å². The Hall–Kier alpha value is -3.34. The van der Waals surface area contributed by atoms with E-state index in [0.717, 1.165) is 22.6 Å². The number of aryl methyl sites for hydroxylation is 2. The number of carbonyl (C=O) groups is 1. The third-order valence-electron chi connectivity index (χ3n) is 4.23. The van der Waals surface area contributed by atoms with Crippen LogP contribution >= 0.6 is 0 Å². The van der Waals surface area contributed by atoms with Gasteiger partial charge in [0, 0.05) is 28.2 Å². The van der Waals surface area contributed by atoms with Crippen LogP contribution in [0.1, 0.15) is 32.9 Å². The molecule has 0 saturated heterocycles. The number of phenolic OH excluding ortho intramolecular Hbond substituents is 1. The number of rotatable bonds is 4. The molecule has 0 aliphatic carbocycles. The Bertz CT molecular complexity index is 969. The largest absolute Gasteiger partial charge is 0.508 e. The van der Waals surface area contributed by atoms with Gasteiger partial charge in [-0.05, 0) is 68.8 Å². The topological polar surface area (TPSA) is 66.6 Å². The number of nitrogens with one attached hydrogen (secondary N) is 1. The Morgan fingerprint density at radius 3 is 2.50 bits per heavy atom. The summed E-state index contributed by atoms with van der Waals surface area (Å²) in [6, 6.07) is 16.4. The van der Waals surface area contributed by atoms with Crippen LogP contribution in [0.3, 0.4) is 0 Å². The Kier molecular flexibility index (Phi) is 4.89. The fourth-order valence-electron chi connectivity index (χ4n) is 2.92. The maximum Gasteiger partial charge on any atom is 0.271 e. The van der Waals surface area contributed by atoms with Gasteiger partial charge in [-0.1, -0.05) is 12.1 Å². The molecule has 0 fully saturated rings. The predicted octanol–water partition coefficient (Wildman–Crippen LogP) is 3.87. The normalized spacial score (nSPS) is 11.0. The van der Waals surface area contributed by atoms with Crippen molar-refractivity contribution in [1.29, 1.82) is 0 Å². The van der Waals surface area contributed by atoms with E-state index < -0.39 is 0 Å². The van der Waals surface area contributed by atoms with Gasteiger partial charge in [0.1, 0.15) is 5.75 Å². The van der Waals surface area contributed by atoms with Gasteiger partial charge in [0.25, 0.3) is 5.91 Å². The van der Waals surface area contributed by atoms with E-state index in [1.807, 2.05) is 26.0 Å². The van der Waals surface area contributed by atoms with Crippen molar-refractivity contribution in [3.05, 3.63) is 82.7 Å². The highest BCUT2D eigenvalue weighted by molar-refractivity contribution is 5.95. The second-order valence-electron chi connectivity index (χ2n) is 6.25. The predicted molar refractivity (Wildman–Crippen MR) is 103 cm³/mol. The van der Waals surface area contributed by atoms with Gasteiger partial charge in [-0.25, -0.2) is 5.43 Å². The molecule has 2 aromatic carbocycles.